The first-order chi connectivity index (χ1) is 15.5. The number of para-hydroxylation sites is 2. The number of fused-ring (bicyclic) bond motifs is 1. The predicted molar refractivity (Wildman–Crippen MR) is 119 cm³/mol. The number of ether oxygens (including phenoxy) is 2. The van der Waals surface area contributed by atoms with E-state index in [-0.39, 0.29) is 0 Å². The average Bonchev–Trinajstić information content (AvgIpc) is 3.10. The van der Waals surface area contributed by atoms with E-state index in [1.165, 1.54) is 0 Å². The Kier molecular flexibility index (Phi) is 5.01. The number of anilines is 1. The van der Waals surface area contributed by atoms with Crippen LogP contribution in [0, 0.1) is 6.92 Å². The summed E-state index contributed by atoms with van der Waals surface area (Å²) in [5, 5.41) is 21.5. The second-order valence-electron chi connectivity index (χ2n) is 8.31. The third-order valence-corrected chi connectivity index (χ3v) is 6.41. The third-order valence-electron chi connectivity index (χ3n) is 6.41. The molecule has 2 heterocycles. The molecule has 1 fully saturated rings. The van der Waals surface area contributed by atoms with Crippen molar-refractivity contribution in [3.63, 3.8) is 0 Å². The number of benzene rings is 2. The quantitative estimate of drug-likeness (QED) is 0.581. The van der Waals surface area contributed by atoms with Crippen LogP contribution in [-0.2, 0) is 0 Å². The minimum Gasteiger partial charge on any atom is -0.484 e. The van der Waals surface area contributed by atoms with Gasteiger partial charge in [-0.15, -0.1) is 5.10 Å². The minimum absolute atomic E-state index is 0.425. The summed E-state index contributed by atoms with van der Waals surface area (Å²) in [5.41, 5.74) is 1.62. The second kappa shape index (κ2) is 7.87. The number of amides is 2. The normalized spacial score (nSPS) is 20.6. The number of hydrogen-bond donors (Lipinski definition) is 3. The molecule has 5 rings (SSSR count). The number of nitrogens with zero attached hydrogens (tertiary/aromatic N) is 2. The van der Waals surface area contributed by atoms with Gasteiger partial charge in [0.2, 0.25) is 5.88 Å². The molecule has 0 radical (unpaired) electrons. The number of carbonyl (C=O) groups excluding carboxylic acids is 1. The van der Waals surface area contributed by atoms with E-state index in [1.54, 1.807) is 11.8 Å². The van der Waals surface area contributed by atoms with Gasteiger partial charge < -0.3 is 19.9 Å². The molecule has 1 unspecified atom stereocenters. The smallest absolute Gasteiger partial charge is 0.320 e. The summed E-state index contributed by atoms with van der Waals surface area (Å²) in [5.74, 6) is 1.63. The molecular formula is C24H26N4O4. The van der Waals surface area contributed by atoms with Crippen LogP contribution in [0.25, 0.3) is 5.69 Å². The lowest BCUT2D eigenvalue weighted by molar-refractivity contribution is -0.130. The lowest BCUT2D eigenvalue weighted by Crippen LogP contribution is -2.60. The van der Waals surface area contributed by atoms with Gasteiger partial charge in [0.25, 0.3) is 0 Å². The Morgan fingerprint density at radius 2 is 1.91 bits per heavy atom. The van der Waals surface area contributed by atoms with Gasteiger partial charge in [-0.1, -0.05) is 36.4 Å². The molecule has 3 N–H and O–H groups in total. The zero-order valence-electron chi connectivity index (χ0n) is 18.0. The van der Waals surface area contributed by atoms with Crippen LogP contribution < -0.4 is 20.1 Å². The molecule has 1 aromatic heterocycles. The summed E-state index contributed by atoms with van der Waals surface area (Å²) < 4.78 is 13.2. The first-order valence-electron chi connectivity index (χ1n) is 10.7. The Bertz CT molecular complexity index is 1140. The fourth-order valence-electron chi connectivity index (χ4n) is 4.52. The van der Waals surface area contributed by atoms with E-state index in [2.05, 4.69) is 15.7 Å². The fourth-order valence-corrected chi connectivity index (χ4v) is 4.52. The van der Waals surface area contributed by atoms with Crippen molar-refractivity contribution in [1.29, 1.82) is 0 Å². The van der Waals surface area contributed by atoms with Crippen molar-refractivity contribution in [2.24, 2.45) is 0 Å². The number of hydrogen-bond acceptors (Lipinski definition) is 5. The largest absolute Gasteiger partial charge is 0.484 e. The first-order valence-corrected chi connectivity index (χ1v) is 10.7. The third kappa shape index (κ3) is 3.27. The maximum Gasteiger partial charge on any atom is 0.320 e. The Morgan fingerprint density at radius 1 is 1.19 bits per heavy atom. The Labute approximate surface area is 186 Å². The molecule has 1 aliphatic heterocycles. The van der Waals surface area contributed by atoms with Crippen LogP contribution >= 0.6 is 0 Å². The van der Waals surface area contributed by atoms with E-state index in [4.69, 9.17) is 9.47 Å². The van der Waals surface area contributed by atoms with E-state index in [1.807, 2.05) is 61.5 Å². The maximum atomic E-state index is 13.1. The molecule has 32 heavy (non-hydrogen) atoms. The maximum absolute atomic E-state index is 13.1. The zero-order chi connectivity index (χ0) is 22.3. The van der Waals surface area contributed by atoms with Crippen LogP contribution in [-0.4, -0.2) is 39.7 Å². The van der Waals surface area contributed by atoms with Gasteiger partial charge in [-0.25, -0.2) is 9.48 Å². The SMILES string of the molecule is COc1nn(-c2ccccc2)c(NC(=O)N[C@@H]2c3ccccc3OC3(CCC3)C2O)c1C. The molecule has 2 aromatic carbocycles. The Balaban J connectivity index is 1.44. The highest BCUT2D eigenvalue weighted by atomic mass is 16.5. The number of aliphatic hydroxyl groups excluding tert-OH is 1. The molecule has 2 atom stereocenters. The summed E-state index contributed by atoms with van der Waals surface area (Å²) in [6.45, 7) is 1.84. The predicted octanol–water partition coefficient (Wildman–Crippen LogP) is 3.73. The number of rotatable bonds is 4. The van der Waals surface area contributed by atoms with Crippen molar-refractivity contribution in [2.45, 2.75) is 43.9 Å². The Hall–Kier alpha value is -3.52. The first kappa shape index (κ1) is 20.4. The topological polar surface area (TPSA) is 97.6 Å². The van der Waals surface area contributed by atoms with Gasteiger partial charge in [0.1, 0.15) is 23.3 Å². The molecule has 3 aromatic rings. The van der Waals surface area contributed by atoms with Gasteiger partial charge in [0.05, 0.1) is 24.4 Å². The zero-order valence-corrected chi connectivity index (χ0v) is 18.0. The highest BCUT2D eigenvalue weighted by molar-refractivity contribution is 5.90. The molecule has 8 nitrogen and oxygen atoms in total. The van der Waals surface area contributed by atoms with Gasteiger partial charge in [-0.2, -0.15) is 0 Å². The van der Waals surface area contributed by atoms with E-state index in [0.29, 0.717) is 23.0 Å². The average molecular weight is 434 g/mol. The molecular weight excluding hydrogens is 408 g/mol. The molecule has 2 aliphatic rings. The van der Waals surface area contributed by atoms with Crippen LogP contribution in [0.15, 0.2) is 54.6 Å². The van der Waals surface area contributed by atoms with Crippen molar-refractivity contribution in [3.05, 3.63) is 65.7 Å². The van der Waals surface area contributed by atoms with Gasteiger partial charge in [0, 0.05) is 5.56 Å². The number of methoxy groups -OCH3 is 1. The summed E-state index contributed by atoms with van der Waals surface area (Å²) >= 11 is 0. The lowest BCUT2D eigenvalue weighted by Gasteiger charge is -2.51. The van der Waals surface area contributed by atoms with E-state index in [0.717, 1.165) is 30.5 Å². The lowest BCUT2D eigenvalue weighted by atomic mass is 9.71. The van der Waals surface area contributed by atoms with Gasteiger partial charge in [0.15, 0.2) is 0 Å². The molecule has 1 spiro atoms. The van der Waals surface area contributed by atoms with Crippen LogP contribution in [0.1, 0.15) is 36.4 Å². The molecule has 2 amide bonds. The minimum atomic E-state index is -0.841. The highest BCUT2D eigenvalue weighted by Crippen LogP contribution is 2.48. The van der Waals surface area contributed by atoms with Crippen molar-refractivity contribution in [3.8, 4) is 17.3 Å². The molecule has 8 heteroatoms. The van der Waals surface area contributed by atoms with Crippen LogP contribution in [0.2, 0.25) is 0 Å². The van der Waals surface area contributed by atoms with E-state index < -0.39 is 23.8 Å². The molecule has 0 saturated heterocycles. The number of aromatic nitrogens is 2. The van der Waals surface area contributed by atoms with Crippen LogP contribution in [0.4, 0.5) is 10.6 Å². The summed E-state index contributed by atoms with van der Waals surface area (Å²) in [7, 11) is 1.54. The monoisotopic (exact) mass is 434 g/mol. The highest BCUT2D eigenvalue weighted by Gasteiger charge is 2.53. The summed E-state index contributed by atoms with van der Waals surface area (Å²) in [6.07, 6.45) is 1.68. The number of urea groups is 1. The molecule has 0 bridgehead atoms. The number of aliphatic hydroxyl groups is 1. The van der Waals surface area contributed by atoms with Crippen molar-refractivity contribution >= 4 is 11.8 Å². The second-order valence-corrected chi connectivity index (χ2v) is 8.31. The van der Waals surface area contributed by atoms with Gasteiger partial charge in [-0.05, 0) is 44.4 Å². The summed E-state index contributed by atoms with van der Waals surface area (Å²) in [4.78, 5) is 13.1. The molecule has 1 aliphatic carbocycles. The van der Waals surface area contributed by atoms with Crippen LogP contribution in [0.3, 0.4) is 0 Å². The fraction of sp³-hybridized carbons (Fsp3) is 0.333. The van der Waals surface area contributed by atoms with E-state index >= 15 is 0 Å². The Morgan fingerprint density at radius 3 is 2.59 bits per heavy atom. The number of nitrogens with one attached hydrogen (secondary N) is 2. The molecule has 1 saturated carbocycles. The number of carbonyl (C=O) groups is 1. The summed E-state index contributed by atoms with van der Waals surface area (Å²) in [6, 6.07) is 16.0. The van der Waals surface area contributed by atoms with Crippen molar-refractivity contribution in [1.82, 2.24) is 15.1 Å². The van der Waals surface area contributed by atoms with Crippen molar-refractivity contribution in [2.75, 3.05) is 12.4 Å². The molecule has 166 valence electrons. The van der Waals surface area contributed by atoms with Gasteiger partial charge >= 0.3 is 6.03 Å². The standard InChI is InChI=1S/C24H26N4O4/c1-15-21(28(27-22(15)31-2)16-9-4-3-5-10-16)26-23(30)25-19-17-11-6-7-12-18(17)32-24(20(19)29)13-8-14-24/h3-7,9-12,19-20,29H,8,13-14H2,1-2H3,(H2,25,26,30)/t19-,20?/m1/s1. The van der Waals surface area contributed by atoms with Crippen molar-refractivity contribution < 1.29 is 19.4 Å². The van der Waals surface area contributed by atoms with E-state index in [9.17, 15) is 9.90 Å². The van der Waals surface area contributed by atoms with Gasteiger partial charge in [-0.3, -0.25) is 5.32 Å². The van der Waals surface area contributed by atoms with Crippen LogP contribution in [0.5, 0.6) is 11.6 Å².